The molecule has 1 heterocycles. The van der Waals surface area contributed by atoms with Crippen LogP contribution in [-0.2, 0) is 14.8 Å². The molecule has 1 amide bonds. The number of sulfonamides is 1. The highest BCUT2D eigenvalue weighted by Gasteiger charge is 2.31. The first kappa shape index (κ1) is 32.6. The Morgan fingerprint density at radius 2 is 1.80 bits per heavy atom. The van der Waals surface area contributed by atoms with Crippen LogP contribution in [0.2, 0.25) is 0 Å². The summed E-state index contributed by atoms with van der Waals surface area (Å²) in [5.74, 6) is 0.846. The Bertz CT molecular complexity index is 1050. The van der Waals surface area contributed by atoms with Crippen molar-refractivity contribution in [1.82, 2.24) is 9.80 Å². The van der Waals surface area contributed by atoms with Crippen molar-refractivity contribution in [3.05, 3.63) is 23.8 Å². The molecule has 40 heavy (non-hydrogen) atoms. The third-order valence-corrected chi connectivity index (χ3v) is 8.75. The smallest absolute Gasteiger partial charge is 0.258 e. The molecule has 1 aromatic carbocycles. The number of benzene rings is 1. The first-order valence-electron chi connectivity index (χ1n) is 15.0. The van der Waals surface area contributed by atoms with Crippen molar-refractivity contribution in [2.75, 3.05) is 50.9 Å². The average Bonchev–Trinajstić information content (AvgIpc) is 2.90. The number of aliphatic hydroxyl groups excluding tert-OH is 1. The quantitative estimate of drug-likeness (QED) is 0.470. The Morgan fingerprint density at radius 1 is 1.10 bits per heavy atom. The highest BCUT2D eigenvalue weighted by Crippen LogP contribution is 2.29. The number of carbonyl (C=O) groups excluding carboxylic acids is 1. The minimum Gasteiger partial charge on any atom is -0.490 e. The van der Waals surface area contributed by atoms with Crippen molar-refractivity contribution in [1.29, 1.82) is 0 Å². The molecule has 2 aliphatic rings. The molecule has 228 valence electrons. The Hall–Kier alpha value is -1.88. The van der Waals surface area contributed by atoms with Gasteiger partial charge in [-0.15, -0.1) is 0 Å². The second kappa shape index (κ2) is 15.4. The number of nitrogens with zero attached hydrogens (tertiary/aromatic N) is 2. The first-order valence-corrected chi connectivity index (χ1v) is 16.9. The summed E-state index contributed by atoms with van der Waals surface area (Å²) < 4.78 is 38.9. The van der Waals surface area contributed by atoms with Crippen LogP contribution in [0.3, 0.4) is 0 Å². The lowest BCUT2D eigenvalue weighted by atomic mass is 9.89. The second-order valence-electron chi connectivity index (χ2n) is 12.1. The molecule has 0 spiro atoms. The summed E-state index contributed by atoms with van der Waals surface area (Å²) in [5, 5.41) is 10.1. The van der Waals surface area contributed by atoms with Crippen molar-refractivity contribution in [2.45, 2.75) is 90.4 Å². The van der Waals surface area contributed by atoms with Gasteiger partial charge < -0.3 is 24.4 Å². The summed E-state index contributed by atoms with van der Waals surface area (Å²) >= 11 is 0. The van der Waals surface area contributed by atoms with Crippen molar-refractivity contribution >= 4 is 21.6 Å². The van der Waals surface area contributed by atoms with Gasteiger partial charge >= 0.3 is 0 Å². The van der Waals surface area contributed by atoms with Gasteiger partial charge in [0.15, 0.2) is 0 Å². The zero-order valence-corrected chi connectivity index (χ0v) is 25.9. The van der Waals surface area contributed by atoms with Crippen molar-refractivity contribution in [3.8, 4) is 5.75 Å². The van der Waals surface area contributed by atoms with E-state index < -0.39 is 16.1 Å². The van der Waals surface area contributed by atoms with Crippen LogP contribution in [0.4, 0.5) is 5.69 Å². The fourth-order valence-electron chi connectivity index (χ4n) is 5.85. The zero-order chi connectivity index (χ0) is 29.3. The maximum atomic E-state index is 14.1. The Morgan fingerprint density at radius 3 is 2.48 bits per heavy atom. The van der Waals surface area contributed by atoms with Gasteiger partial charge in [0.25, 0.3) is 5.91 Å². The lowest BCUT2D eigenvalue weighted by Crippen LogP contribution is -2.47. The molecule has 2 N–H and O–H groups in total. The van der Waals surface area contributed by atoms with Crippen molar-refractivity contribution < 1.29 is 27.8 Å². The van der Waals surface area contributed by atoms with Crippen LogP contribution in [0.25, 0.3) is 0 Å². The van der Waals surface area contributed by atoms with Gasteiger partial charge in [-0.3, -0.25) is 9.52 Å². The maximum Gasteiger partial charge on any atom is 0.258 e. The van der Waals surface area contributed by atoms with Gasteiger partial charge in [0.2, 0.25) is 10.0 Å². The summed E-state index contributed by atoms with van der Waals surface area (Å²) in [6.45, 7) is 8.59. The van der Waals surface area contributed by atoms with Gasteiger partial charge in [-0.1, -0.05) is 26.2 Å². The molecular weight excluding hydrogens is 530 g/mol. The number of anilines is 1. The number of hydrogen-bond donors (Lipinski definition) is 2. The standard InChI is InChI=1S/C30H51N3O6S/c1-22-18-33(23(2)21-34)30(35)27-17-26(31-40(5,36)37)14-15-28(27)39-24(3)11-9-10-16-38-29(22)20-32(4)19-25-12-7-6-8-13-25/h14-15,17,22-25,29,31,34H,6-13,16,18-21H2,1-5H3/t22-,23+,24-,29-/m0/s1. The third-order valence-electron chi connectivity index (χ3n) is 8.14. The van der Waals surface area contributed by atoms with Crippen LogP contribution in [-0.4, -0.2) is 93.6 Å². The van der Waals surface area contributed by atoms with Crippen LogP contribution in [0.5, 0.6) is 5.75 Å². The maximum absolute atomic E-state index is 14.1. The number of aliphatic hydroxyl groups is 1. The molecule has 4 atom stereocenters. The Labute approximate surface area is 241 Å². The third kappa shape index (κ3) is 10.2. The number of hydrogen-bond acceptors (Lipinski definition) is 7. The molecule has 0 bridgehead atoms. The number of ether oxygens (including phenoxy) is 2. The Balaban J connectivity index is 1.89. The first-order chi connectivity index (χ1) is 19.0. The van der Waals surface area contributed by atoms with Crippen LogP contribution < -0.4 is 9.46 Å². The van der Waals surface area contributed by atoms with E-state index in [1.807, 2.05) is 13.8 Å². The average molecular weight is 582 g/mol. The fourth-order valence-corrected chi connectivity index (χ4v) is 6.41. The number of fused-ring (bicyclic) bond motifs is 1. The number of likely N-dealkylation sites (N-methyl/N-ethyl adjacent to an activating group) is 1. The second-order valence-corrected chi connectivity index (χ2v) is 13.9. The summed E-state index contributed by atoms with van der Waals surface area (Å²) in [6.07, 6.45) is 10.1. The Kier molecular flexibility index (Phi) is 12.5. The van der Waals surface area contributed by atoms with E-state index in [2.05, 4.69) is 23.6 Å². The van der Waals surface area contributed by atoms with Gasteiger partial charge in [0.05, 0.1) is 36.7 Å². The van der Waals surface area contributed by atoms with Crippen molar-refractivity contribution in [3.63, 3.8) is 0 Å². The molecule has 0 saturated heterocycles. The van der Waals surface area contributed by atoms with Crippen LogP contribution >= 0.6 is 0 Å². The topological polar surface area (TPSA) is 108 Å². The molecule has 3 rings (SSSR count). The van der Waals surface area contributed by atoms with E-state index in [9.17, 15) is 18.3 Å². The lowest BCUT2D eigenvalue weighted by molar-refractivity contribution is -0.0190. The number of nitrogens with one attached hydrogen (secondary N) is 1. The van der Waals surface area contributed by atoms with Gasteiger partial charge in [-0.2, -0.15) is 0 Å². The summed E-state index contributed by atoms with van der Waals surface area (Å²) in [5.41, 5.74) is 0.569. The number of amides is 1. The monoisotopic (exact) mass is 581 g/mol. The molecule has 0 aromatic heterocycles. The SMILES string of the molecule is C[C@H](CO)N1C[C@H](C)[C@H](CN(C)CC2CCCCC2)OCCCC[C@H](C)Oc2ccc(NS(C)(=O)=O)cc2C1=O. The van der Waals surface area contributed by atoms with Gasteiger partial charge in [-0.05, 0) is 77.1 Å². The summed E-state index contributed by atoms with van der Waals surface area (Å²) in [7, 11) is -1.36. The highest BCUT2D eigenvalue weighted by molar-refractivity contribution is 7.92. The van der Waals surface area contributed by atoms with Crippen molar-refractivity contribution in [2.24, 2.45) is 11.8 Å². The van der Waals surface area contributed by atoms with E-state index in [0.29, 0.717) is 24.6 Å². The van der Waals surface area contributed by atoms with E-state index >= 15 is 0 Å². The van der Waals surface area contributed by atoms with Crippen LogP contribution in [0, 0.1) is 11.8 Å². The minimum absolute atomic E-state index is 0.00955. The van der Waals surface area contributed by atoms with E-state index in [0.717, 1.165) is 44.5 Å². The largest absolute Gasteiger partial charge is 0.490 e. The molecule has 1 aliphatic heterocycles. The molecule has 1 aromatic rings. The van der Waals surface area contributed by atoms with Crippen LogP contribution in [0.1, 0.15) is 82.5 Å². The van der Waals surface area contributed by atoms with Crippen LogP contribution in [0.15, 0.2) is 18.2 Å². The van der Waals surface area contributed by atoms with E-state index in [4.69, 9.17) is 9.47 Å². The lowest BCUT2D eigenvalue weighted by Gasteiger charge is -2.36. The van der Waals surface area contributed by atoms with Gasteiger partial charge in [0, 0.05) is 37.8 Å². The molecule has 0 radical (unpaired) electrons. The van der Waals surface area contributed by atoms with E-state index in [-0.39, 0.29) is 36.2 Å². The van der Waals surface area contributed by atoms with E-state index in [1.165, 1.54) is 38.2 Å². The molecule has 10 heteroatoms. The fraction of sp³-hybridized carbons (Fsp3) is 0.767. The molecule has 1 fully saturated rings. The zero-order valence-electron chi connectivity index (χ0n) is 25.1. The molecule has 9 nitrogen and oxygen atoms in total. The minimum atomic E-state index is -3.53. The number of carbonyl (C=O) groups is 1. The van der Waals surface area contributed by atoms with E-state index in [1.54, 1.807) is 17.0 Å². The molecule has 0 unspecified atom stereocenters. The normalized spacial score (nSPS) is 25.1. The predicted molar refractivity (Wildman–Crippen MR) is 159 cm³/mol. The van der Waals surface area contributed by atoms with Gasteiger partial charge in [0.1, 0.15) is 5.75 Å². The van der Waals surface area contributed by atoms with Gasteiger partial charge in [-0.25, -0.2) is 8.42 Å². The highest BCUT2D eigenvalue weighted by atomic mass is 32.2. The molecular formula is C30H51N3O6S. The number of rotatable bonds is 8. The summed E-state index contributed by atoms with van der Waals surface area (Å²) in [4.78, 5) is 18.1. The summed E-state index contributed by atoms with van der Waals surface area (Å²) in [6, 6.07) is 4.35. The molecule has 1 saturated carbocycles. The molecule has 1 aliphatic carbocycles. The predicted octanol–water partition coefficient (Wildman–Crippen LogP) is 4.37.